The van der Waals surface area contributed by atoms with E-state index in [-0.39, 0.29) is 12.0 Å². The first-order valence-electron chi connectivity index (χ1n) is 5.53. The molecule has 1 aromatic heterocycles. The predicted octanol–water partition coefficient (Wildman–Crippen LogP) is 2.29. The maximum Gasteiger partial charge on any atom is 0.0496 e. The van der Waals surface area contributed by atoms with Gasteiger partial charge in [-0.15, -0.1) is 0 Å². The lowest BCUT2D eigenvalue weighted by Gasteiger charge is -2.25. The van der Waals surface area contributed by atoms with E-state index >= 15 is 0 Å². The van der Waals surface area contributed by atoms with Crippen LogP contribution in [-0.4, -0.2) is 24.8 Å². The van der Waals surface area contributed by atoms with E-state index in [4.69, 9.17) is 0 Å². The van der Waals surface area contributed by atoms with E-state index in [0.29, 0.717) is 0 Å². The highest BCUT2D eigenvalue weighted by Crippen LogP contribution is 2.18. The molecule has 15 heavy (non-hydrogen) atoms. The molecule has 1 heterocycles. The molecule has 0 spiro atoms. The van der Waals surface area contributed by atoms with Gasteiger partial charge in [0.25, 0.3) is 0 Å². The van der Waals surface area contributed by atoms with Gasteiger partial charge in [0.05, 0.1) is 0 Å². The molecule has 1 aromatic rings. The number of aliphatic hydroxyl groups excluding tert-OH is 1. The van der Waals surface area contributed by atoms with Crippen LogP contribution in [0, 0.1) is 5.41 Å². The van der Waals surface area contributed by atoms with Crippen LogP contribution in [0.2, 0.25) is 0 Å². The maximum atomic E-state index is 9.23. The van der Waals surface area contributed by atoms with Crippen LogP contribution in [0.4, 0.5) is 0 Å². The molecule has 2 nitrogen and oxygen atoms in total. The van der Waals surface area contributed by atoms with Crippen LogP contribution in [0.25, 0.3) is 0 Å². The Balaban J connectivity index is 2.16. The third kappa shape index (κ3) is 4.33. The summed E-state index contributed by atoms with van der Waals surface area (Å²) in [6.45, 7) is 6.38. The molecule has 0 amide bonds. The van der Waals surface area contributed by atoms with E-state index in [2.05, 4.69) is 36.0 Å². The van der Waals surface area contributed by atoms with E-state index in [1.807, 2.05) is 0 Å². The summed E-state index contributed by atoms with van der Waals surface area (Å²) in [5.74, 6) is 0. The molecule has 0 bridgehead atoms. The Bertz CT molecular complexity index is 255. The van der Waals surface area contributed by atoms with Gasteiger partial charge in [0.2, 0.25) is 0 Å². The number of rotatable bonds is 7. The summed E-state index contributed by atoms with van der Waals surface area (Å²) in [6, 6.07) is 2.16. The summed E-state index contributed by atoms with van der Waals surface area (Å²) in [4.78, 5) is 0. The molecule has 0 aromatic carbocycles. The van der Waals surface area contributed by atoms with Gasteiger partial charge >= 0.3 is 0 Å². The zero-order chi connectivity index (χ0) is 11.1. The van der Waals surface area contributed by atoms with Crippen molar-refractivity contribution in [2.24, 2.45) is 5.41 Å². The lowest BCUT2D eigenvalue weighted by atomic mass is 9.88. The van der Waals surface area contributed by atoms with Crippen LogP contribution in [0.1, 0.15) is 25.8 Å². The fourth-order valence-electron chi connectivity index (χ4n) is 1.35. The van der Waals surface area contributed by atoms with E-state index in [1.165, 1.54) is 5.56 Å². The average molecular weight is 227 g/mol. The summed E-state index contributed by atoms with van der Waals surface area (Å²) in [5, 5.41) is 16.9. The molecule has 1 unspecified atom stereocenters. The van der Waals surface area contributed by atoms with Crippen molar-refractivity contribution in [1.29, 1.82) is 0 Å². The zero-order valence-corrected chi connectivity index (χ0v) is 10.4. The summed E-state index contributed by atoms with van der Waals surface area (Å²) >= 11 is 1.74. The van der Waals surface area contributed by atoms with Crippen LogP contribution in [-0.2, 0) is 6.42 Å². The van der Waals surface area contributed by atoms with E-state index < -0.39 is 0 Å². The molecule has 0 aliphatic rings. The molecular weight excluding hydrogens is 206 g/mol. The fourth-order valence-corrected chi connectivity index (χ4v) is 2.05. The van der Waals surface area contributed by atoms with E-state index in [0.717, 1.165) is 25.9 Å². The Morgan fingerprint density at radius 2 is 2.33 bits per heavy atom. The second-order valence-electron chi connectivity index (χ2n) is 4.38. The number of aliphatic hydroxyl groups is 1. The number of nitrogens with one attached hydrogen (secondary N) is 1. The standard InChI is InChI=1S/C12H21NOS/c1-3-12(2,10-14)9-13-6-4-11-5-7-15-8-11/h5,7-8,13-14H,3-4,6,9-10H2,1-2H3. The Labute approximate surface area is 96.3 Å². The average Bonchev–Trinajstić information content (AvgIpc) is 2.77. The van der Waals surface area contributed by atoms with Crippen molar-refractivity contribution in [2.75, 3.05) is 19.7 Å². The van der Waals surface area contributed by atoms with Crippen molar-refractivity contribution in [1.82, 2.24) is 5.32 Å². The zero-order valence-electron chi connectivity index (χ0n) is 9.62. The van der Waals surface area contributed by atoms with Gasteiger partial charge in [0, 0.05) is 18.6 Å². The summed E-state index contributed by atoms with van der Waals surface area (Å²) < 4.78 is 0. The van der Waals surface area contributed by atoms with E-state index in [9.17, 15) is 5.11 Å². The molecular formula is C12H21NOS. The van der Waals surface area contributed by atoms with Crippen molar-refractivity contribution in [3.8, 4) is 0 Å². The Morgan fingerprint density at radius 3 is 2.87 bits per heavy atom. The highest BCUT2D eigenvalue weighted by molar-refractivity contribution is 7.07. The van der Waals surface area contributed by atoms with Crippen molar-refractivity contribution in [2.45, 2.75) is 26.7 Å². The van der Waals surface area contributed by atoms with Gasteiger partial charge in [-0.2, -0.15) is 11.3 Å². The highest BCUT2D eigenvalue weighted by Gasteiger charge is 2.19. The lowest BCUT2D eigenvalue weighted by Crippen LogP contribution is -2.35. The molecule has 3 heteroatoms. The normalized spacial score (nSPS) is 15.1. The largest absolute Gasteiger partial charge is 0.396 e. The first-order valence-corrected chi connectivity index (χ1v) is 6.47. The maximum absolute atomic E-state index is 9.23. The van der Waals surface area contributed by atoms with Gasteiger partial charge in [-0.1, -0.05) is 13.8 Å². The van der Waals surface area contributed by atoms with Gasteiger partial charge in [-0.25, -0.2) is 0 Å². The number of thiophene rings is 1. The minimum atomic E-state index is 0.0364. The molecule has 0 fully saturated rings. The van der Waals surface area contributed by atoms with Crippen molar-refractivity contribution >= 4 is 11.3 Å². The summed E-state index contributed by atoms with van der Waals surface area (Å²) in [6.07, 6.45) is 2.09. The molecule has 2 N–H and O–H groups in total. The molecule has 0 radical (unpaired) electrons. The molecule has 0 aliphatic heterocycles. The minimum Gasteiger partial charge on any atom is -0.396 e. The van der Waals surface area contributed by atoms with Crippen LogP contribution in [0.3, 0.4) is 0 Å². The third-order valence-electron chi connectivity index (χ3n) is 2.96. The van der Waals surface area contributed by atoms with Crippen LogP contribution >= 0.6 is 11.3 Å². The van der Waals surface area contributed by atoms with Gasteiger partial charge in [0.1, 0.15) is 0 Å². The molecule has 1 rings (SSSR count). The van der Waals surface area contributed by atoms with Crippen molar-refractivity contribution in [3.05, 3.63) is 22.4 Å². The Kier molecular flexibility index (Phi) is 5.29. The topological polar surface area (TPSA) is 32.3 Å². The van der Waals surface area contributed by atoms with Crippen LogP contribution in [0.15, 0.2) is 16.8 Å². The highest BCUT2D eigenvalue weighted by atomic mass is 32.1. The summed E-state index contributed by atoms with van der Waals surface area (Å²) in [5.41, 5.74) is 1.43. The second-order valence-corrected chi connectivity index (χ2v) is 5.16. The Morgan fingerprint density at radius 1 is 1.53 bits per heavy atom. The van der Waals surface area contributed by atoms with Gasteiger partial charge in [-0.05, 0) is 41.8 Å². The summed E-state index contributed by atoms with van der Waals surface area (Å²) in [7, 11) is 0. The van der Waals surface area contributed by atoms with Crippen LogP contribution in [0.5, 0.6) is 0 Å². The predicted molar refractivity (Wildman–Crippen MR) is 66.4 cm³/mol. The molecule has 0 saturated heterocycles. The SMILES string of the molecule is CCC(C)(CO)CNCCc1ccsc1. The third-order valence-corrected chi connectivity index (χ3v) is 3.69. The monoisotopic (exact) mass is 227 g/mol. The van der Waals surface area contributed by atoms with Crippen molar-refractivity contribution in [3.63, 3.8) is 0 Å². The number of hydrogen-bond acceptors (Lipinski definition) is 3. The minimum absolute atomic E-state index is 0.0364. The second kappa shape index (κ2) is 6.26. The quantitative estimate of drug-likeness (QED) is 0.701. The van der Waals surface area contributed by atoms with Gasteiger partial charge in [0.15, 0.2) is 0 Å². The van der Waals surface area contributed by atoms with Crippen LogP contribution < -0.4 is 5.32 Å². The first kappa shape index (κ1) is 12.7. The van der Waals surface area contributed by atoms with Gasteiger partial charge < -0.3 is 10.4 Å². The molecule has 86 valence electrons. The fraction of sp³-hybridized carbons (Fsp3) is 0.667. The smallest absolute Gasteiger partial charge is 0.0496 e. The lowest BCUT2D eigenvalue weighted by molar-refractivity contribution is 0.136. The number of hydrogen-bond donors (Lipinski definition) is 2. The first-order chi connectivity index (χ1) is 7.20. The molecule has 0 saturated carbocycles. The van der Waals surface area contributed by atoms with Gasteiger partial charge in [-0.3, -0.25) is 0 Å². The van der Waals surface area contributed by atoms with E-state index in [1.54, 1.807) is 11.3 Å². The molecule has 0 aliphatic carbocycles. The Hall–Kier alpha value is -0.380. The van der Waals surface area contributed by atoms with Crippen molar-refractivity contribution < 1.29 is 5.11 Å². The molecule has 1 atom stereocenters.